The van der Waals surface area contributed by atoms with Gasteiger partial charge in [-0.3, -0.25) is 0 Å². The normalized spacial score (nSPS) is 13.0. The van der Waals surface area contributed by atoms with Crippen molar-refractivity contribution in [2.45, 2.75) is 19.4 Å². The molecule has 1 heteroatoms. The van der Waals surface area contributed by atoms with Crippen LogP contribution in [0.3, 0.4) is 0 Å². The van der Waals surface area contributed by atoms with E-state index in [0.717, 1.165) is 6.42 Å². The molecule has 0 unspecified atom stereocenters. The number of aliphatic hydroxyl groups is 1. The van der Waals surface area contributed by atoms with Gasteiger partial charge in [-0.1, -0.05) is 42.5 Å². The zero-order chi connectivity index (χ0) is 9.97. The van der Waals surface area contributed by atoms with Gasteiger partial charge >= 0.3 is 0 Å². The minimum Gasteiger partial charge on any atom is -0.393 e. The predicted molar refractivity (Wildman–Crippen MR) is 59.3 cm³/mol. The van der Waals surface area contributed by atoms with Gasteiger partial charge in [0.05, 0.1) is 6.10 Å². The monoisotopic (exact) mass is 186 g/mol. The third kappa shape index (κ3) is 1.78. The zero-order valence-electron chi connectivity index (χ0n) is 8.27. The van der Waals surface area contributed by atoms with E-state index < -0.39 is 0 Å². The highest BCUT2D eigenvalue weighted by atomic mass is 16.3. The van der Waals surface area contributed by atoms with Crippen molar-refractivity contribution in [3.05, 3.63) is 48.0 Å². The summed E-state index contributed by atoms with van der Waals surface area (Å²) in [6, 6.07) is 14.5. The first-order valence-corrected chi connectivity index (χ1v) is 4.92. The third-order valence-corrected chi connectivity index (χ3v) is 2.40. The van der Waals surface area contributed by atoms with Gasteiger partial charge in [-0.25, -0.2) is 0 Å². The summed E-state index contributed by atoms with van der Waals surface area (Å²) in [6.45, 7) is 1.82. The third-order valence-electron chi connectivity index (χ3n) is 2.40. The van der Waals surface area contributed by atoms with E-state index in [1.54, 1.807) is 0 Å². The van der Waals surface area contributed by atoms with Crippen molar-refractivity contribution < 1.29 is 5.11 Å². The molecule has 2 rings (SSSR count). The van der Waals surface area contributed by atoms with E-state index in [-0.39, 0.29) is 6.10 Å². The molecule has 0 radical (unpaired) electrons. The average Bonchev–Trinajstić information content (AvgIpc) is 2.18. The molecule has 1 atom stereocenters. The fourth-order valence-corrected chi connectivity index (χ4v) is 1.79. The summed E-state index contributed by atoms with van der Waals surface area (Å²) in [5.74, 6) is 0. The molecule has 0 heterocycles. The summed E-state index contributed by atoms with van der Waals surface area (Å²) >= 11 is 0. The van der Waals surface area contributed by atoms with Crippen LogP contribution < -0.4 is 0 Å². The second-order valence-corrected chi connectivity index (χ2v) is 3.69. The number of aliphatic hydroxyl groups excluding tert-OH is 1. The number of hydrogen-bond donors (Lipinski definition) is 1. The molecule has 0 aliphatic rings. The number of benzene rings is 2. The largest absolute Gasteiger partial charge is 0.393 e. The molecule has 0 aliphatic carbocycles. The standard InChI is InChI=1S/C13H14O/c1-10(14)9-12-7-4-6-11-5-2-3-8-13(11)12/h2-8,10,14H,9H2,1H3/t10-/m0/s1. The van der Waals surface area contributed by atoms with Crippen molar-refractivity contribution in [3.63, 3.8) is 0 Å². The first-order chi connectivity index (χ1) is 6.77. The van der Waals surface area contributed by atoms with Crippen LogP contribution in [0.25, 0.3) is 10.8 Å². The molecule has 14 heavy (non-hydrogen) atoms. The van der Waals surface area contributed by atoms with Crippen molar-refractivity contribution in [1.29, 1.82) is 0 Å². The lowest BCUT2D eigenvalue weighted by Crippen LogP contribution is -2.04. The van der Waals surface area contributed by atoms with Crippen LogP contribution in [0.4, 0.5) is 0 Å². The molecule has 0 spiro atoms. The number of fused-ring (bicyclic) bond motifs is 1. The minimum absolute atomic E-state index is 0.277. The van der Waals surface area contributed by atoms with Crippen molar-refractivity contribution in [3.8, 4) is 0 Å². The van der Waals surface area contributed by atoms with E-state index in [1.165, 1.54) is 16.3 Å². The van der Waals surface area contributed by atoms with Crippen LogP contribution >= 0.6 is 0 Å². The molecular weight excluding hydrogens is 172 g/mol. The summed E-state index contributed by atoms with van der Waals surface area (Å²) in [4.78, 5) is 0. The SMILES string of the molecule is C[C@H](O)Cc1cccc2ccccc12. The molecule has 0 amide bonds. The van der Waals surface area contributed by atoms with Crippen LogP contribution in [-0.4, -0.2) is 11.2 Å². The Balaban J connectivity index is 2.53. The lowest BCUT2D eigenvalue weighted by Gasteiger charge is -2.07. The number of hydrogen-bond acceptors (Lipinski definition) is 1. The van der Waals surface area contributed by atoms with Gasteiger partial charge in [0.25, 0.3) is 0 Å². The highest BCUT2D eigenvalue weighted by molar-refractivity contribution is 5.85. The molecule has 2 aromatic rings. The highest BCUT2D eigenvalue weighted by Crippen LogP contribution is 2.19. The van der Waals surface area contributed by atoms with Crippen LogP contribution in [0, 0.1) is 0 Å². The average molecular weight is 186 g/mol. The quantitative estimate of drug-likeness (QED) is 0.764. The predicted octanol–water partition coefficient (Wildman–Crippen LogP) is 2.76. The molecule has 0 saturated heterocycles. The Bertz CT molecular complexity index is 427. The van der Waals surface area contributed by atoms with E-state index in [1.807, 2.05) is 25.1 Å². The second kappa shape index (κ2) is 3.81. The lowest BCUT2D eigenvalue weighted by atomic mass is 10.0. The Kier molecular flexibility index (Phi) is 2.51. The summed E-state index contributed by atoms with van der Waals surface area (Å²) in [7, 11) is 0. The topological polar surface area (TPSA) is 20.2 Å². The maximum absolute atomic E-state index is 9.37. The Morgan fingerprint density at radius 1 is 1.07 bits per heavy atom. The molecule has 0 aliphatic heterocycles. The lowest BCUT2D eigenvalue weighted by molar-refractivity contribution is 0.196. The van der Waals surface area contributed by atoms with Gasteiger partial charge in [0, 0.05) is 0 Å². The van der Waals surface area contributed by atoms with Gasteiger partial charge < -0.3 is 5.11 Å². The zero-order valence-corrected chi connectivity index (χ0v) is 8.27. The summed E-state index contributed by atoms with van der Waals surface area (Å²) in [5, 5.41) is 11.9. The molecule has 1 N–H and O–H groups in total. The molecule has 2 aromatic carbocycles. The van der Waals surface area contributed by atoms with Crippen molar-refractivity contribution in [2.75, 3.05) is 0 Å². The summed E-state index contributed by atoms with van der Waals surface area (Å²) in [6.07, 6.45) is 0.447. The Hall–Kier alpha value is -1.34. The molecule has 0 aromatic heterocycles. The van der Waals surface area contributed by atoms with Crippen molar-refractivity contribution in [1.82, 2.24) is 0 Å². The van der Waals surface area contributed by atoms with E-state index in [9.17, 15) is 5.11 Å². The Labute approximate surface area is 84.0 Å². The van der Waals surface area contributed by atoms with Gasteiger partial charge in [0.15, 0.2) is 0 Å². The van der Waals surface area contributed by atoms with Gasteiger partial charge in [-0.05, 0) is 29.7 Å². The number of rotatable bonds is 2. The van der Waals surface area contributed by atoms with Gasteiger partial charge in [-0.2, -0.15) is 0 Å². The van der Waals surface area contributed by atoms with Crippen LogP contribution in [0.2, 0.25) is 0 Å². The van der Waals surface area contributed by atoms with Crippen LogP contribution in [0.1, 0.15) is 12.5 Å². The van der Waals surface area contributed by atoms with Gasteiger partial charge in [0.1, 0.15) is 0 Å². The maximum Gasteiger partial charge on any atom is 0.0552 e. The highest BCUT2D eigenvalue weighted by Gasteiger charge is 2.02. The summed E-state index contributed by atoms with van der Waals surface area (Å²) < 4.78 is 0. The van der Waals surface area contributed by atoms with E-state index >= 15 is 0 Å². The van der Waals surface area contributed by atoms with E-state index in [2.05, 4.69) is 24.3 Å². The Morgan fingerprint density at radius 2 is 1.79 bits per heavy atom. The molecule has 1 nitrogen and oxygen atoms in total. The second-order valence-electron chi connectivity index (χ2n) is 3.69. The van der Waals surface area contributed by atoms with Crippen LogP contribution in [0.15, 0.2) is 42.5 Å². The van der Waals surface area contributed by atoms with Crippen molar-refractivity contribution >= 4 is 10.8 Å². The first-order valence-electron chi connectivity index (χ1n) is 4.92. The fourth-order valence-electron chi connectivity index (χ4n) is 1.79. The van der Waals surface area contributed by atoms with E-state index in [0.29, 0.717) is 0 Å². The molecule has 0 fully saturated rings. The van der Waals surface area contributed by atoms with Crippen molar-refractivity contribution in [2.24, 2.45) is 0 Å². The molecule has 72 valence electrons. The molecule has 0 saturated carbocycles. The summed E-state index contributed by atoms with van der Waals surface area (Å²) in [5.41, 5.74) is 1.22. The van der Waals surface area contributed by atoms with Crippen LogP contribution in [-0.2, 0) is 6.42 Å². The fraction of sp³-hybridized carbons (Fsp3) is 0.231. The Morgan fingerprint density at radius 3 is 2.57 bits per heavy atom. The first kappa shape index (κ1) is 9.22. The van der Waals surface area contributed by atoms with Gasteiger partial charge in [0.2, 0.25) is 0 Å². The minimum atomic E-state index is -0.277. The van der Waals surface area contributed by atoms with E-state index in [4.69, 9.17) is 0 Å². The smallest absolute Gasteiger partial charge is 0.0552 e. The van der Waals surface area contributed by atoms with Crippen LogP contribution in [0.5, 0.6) is 0 Å². The molecular formula is C13H14O. The molecule has 0 bridgehead atoms. The van der Waals surface area contributed by atoms with Gasteiger partial charge in [-0.15, -0.1) is 0 Å². The maximum atomic E-state index is 9.37.